The van der Waals surface area contributed by atoms with E-state index in [1.165, 1.54) is 0 Å². The van der Waals surface area contributed by atoms with E-state index in [9.17, 15) is 14.4 Å². The lowest BCUT2D eigenvalue weighted by molar-refractivity contribution is -0.158. The summed E-state index contributed by atoms with van der Waals surface area (Å²) in [5.74, 6) is -1.26. The molecule has 1 heterocycles. The average Bonchev–Trinajstić information content (AvgIpc) is 2.40. The van der Waals surface area contributed by atoms with Gasteiger partial charge in [-0.2, -0.15) is 0 Å². The number of nitrogens with zero attached hydrogens (tertiary/aromatic N) is 1. The first-order valence-electron chi connectivity index (χ1n) is 7.44. The summed E-state index contributed by atoms with van der Waals surface area (Å²) in [5.41, 5.74) is 4.18. The molecule has 6 heteroatoms. The number of esters is 1. The molecule has 6 nitrogen and oxygen atoms in total. The minimum Gasteiger partial charge on any atom is -0.465 e. The fourth-order valence-corrected chi connectivity index (χ4v) is 2.44. The van der Waals surface area contributed by atoms with Crippen molar-refractivity contribution in [3.63, 3.8) is 0 Å². The SMILES string of the molecule is CCOC(=O)C(C)(C)C(=O)CN1CC(C(N)=O)CCC1C. The van der Waals surface area contributed by atoms with Crippen molar-refractivity contribution >= 4 is 17.7 Å². The van der Waals surface area contributed by atoms with Crippen LogP contribution in [0.2, 0.25) is 0 Å². The van der Waals surface area contributed by atoms with Crippen LogP contribution in [0.4, 0.5) is 0 Å². The summed E-state index contributed by atoms with van der Waals surface area (Å²) < 4.78 is 4.95. The molecule has 21 heavy (non-hydrogen) atoms. The Morgan fingerprint density at radius 1 is 1.29 bits per heavy atom. The molecule has 0 aliphatic carbocycles. The summed E-state index contributed by atoms with van der Waals surface area (Å²) in [6, 6.07) is 0.197. The number of nitrogens with two attached hydrogens (primary N) is 1. The number of amides is 1. The van der Waals surface area contributed by atoms with Gasteiger partial charge in [-0.1, -0.05) is 0 Å². The Labute approximate surface area is 126 Å². The van der Waals surface area contributed by atoms with E-state index in [0.717, 1.165) is 12.8 Å². The third kappa shape index (κ3) is 4.27. The van der Waals surface area contributed by atoms with E-state index >= 15 is 0 Å². The minimum atomic E-state index is -1.17. The normalized spacial score (nSPS) is 23.6. The van der Waals surface area contributed by atoms with Crippen LogP contribution in [-0.4, -0.2) is 48.3 Å². The molecular weight excluding hydrogens is 272 g/mol. The van der Waals surface area contributed by atoms with Gasteiger partial charge in [0, 0.05) is 12.6 Å². The van der Waals surface area contributed by atoms with Crippen LogP contribution < -0.4 is 5.73 Å². The van der Waals surface area contributed by atoms with Crippen LogP contribution in [0.3, 0.4) is 0 Å². The smallest absolute Gasteiger partial charge is 0.319 e. The van der Waals surface area contributed by atoms with Crippen LogP contribution in [-0.2, 0) is 19.1 Å². The Morgan fingerprint density at radius 2 is 1.90 bits per heavy atom. The molecule has 1 fully saturated rings. The quantitative estimate of drug-likeness (QED) is 0.577. The summed E-state index contributed by atoms with van der Waals surface area (Å²) in [7, 11) is 0. The molecule has 0 radical (unpaired) electrons. The van der Waals surface area contributed by atoms with Crippen molar-refractivity contribution in [2.24, 2.45) is 17.1 Å². The van der Waals surface area contributed by atoms with Gasteiger partial charge in [0.15, 0.2) is 5.78 Å². The van der Waals surface area contributed by atoms with Gasteiger partial charge in [-0.05, 0) is 40.5 Å². The van der Waals surface area contributed by atoms with E-state index in [1.54, 1.807) is 20.8 Å². The predicted octanol–water partition coefficient (Wildman–Crippen LogP) is 0.731. The molecule has 0 aromatic heterocycles. The summed E-state index contributed by atoms with van der Waals surface area (Å²) in [6.07, 6.45) is 1.57. The molecular formula is C15H26N2O4. The maximum absolute atomic E-state index is 12.4. The van der Waals surface area contributed by atoms with Crippen molar-refractivity contribution in [1.29, 1.82) is 0 Å². The van der Waals surface area contributed by atoms with E-state index < -0.39 is 11.4 Å². The monoisotopic (exact) mass is 298 g/mol. The zero-order valence-electron chi connectivity index (χ0n) is 13.3. The van der Waals surface area contributed by atoms with Crippen LogP contribution in [0.15, 0.2) is 0 Å². The maximum atomic E-state index is 12.4. The summed E-state index contributed by atoms with van der Waals surface area (Å²) >= 11 is 0. The lowest BCUT2D eigenvalue weighted by Crippen LogP contribution is -2.50. The number of piperidine rings is 1. The second-order valence-electron chi connectivity index (χ2n) is 6.22. The van der Waals surface area contributed by atoms with Gasteiger partial charge in [-0.15, -0.1) is 0 Å². The molecule has 1 amide bonds. The molecule has 2 N–H and O–H groups in total. The van der Waals surface area contributed by atoms with Crippen LogP contribution in [0, 0.1) is 11.3 Å². The zero-order valence-corrected chi connectivity index (χ0v) is 13.3. The summed E-state index contributed by atoms with van der Waals surface area (Å²) in [5, 5.41) is 0. The van der Waals surface area contributed by atoms with Crippen LogP contribution in [0.25, 0.3) is 0 Å². The Kier molecular flexibility index (Phi) is 5.89. The number of carbonyl (C=O) groups is 3. The van der Waals surface area contributed by atoms with Gasteiger partial charge >= 0.3 is 5.97 Å². The van der Waals surface area contributed by atoms with Gasteiger partial charge in [-0.3, -0.25) is 19.3 Å². The standard InChI is InChI=1S/C15H26N2O4/c1-5-21-14(20)15(3,4)12(18)9-17-8-11(13(16)19)7-6-10(17)2/h10-11H,5-9H2,1-4H3,(H2,16,19). The summed E-state index contributed by atoms with van der Waals surface area (Å²) in [6.45, 7) is 7.74. The van der Waals surface area contributed by atoms with Gasteiger partial charge in [-0.25, -0.2) is 0 Å². The molecule has 1 rings (SSSR count). The highest BCUT2D eigenvalue weighted by molar-refractivity contribution is 6.03. The van der Waals surface area contributed by atoms with Crippen molar-refractivity contribution in [1.82, 2.24) is 4.90 Å². The average molecular weight is 298 g/mol. The van der Waals surface area contributed by atoms with Crippen molar-refractivity contribution in [3.05, 3.63) is 0 Å². The van der Waals surface area contributed by atoms with Gasteiger partial charge in [0.1, 0.15) is 5.41 Å². The second-order valence-corrected chi connectivity index (χ2v) is 6.22. The van der Waals surface area contributed by atoms with Gasteiger partial charge < -0.3 is 10.5 Å². The Balaban J connectivity index is 2.71. The Bertz CT molecular complexity index is 420. The molecule has 1 saturated heterocycles. The van der Waals surface area contributed by atoms with Crippen LogP contribution in [0.1, 0.15) is 40.5 Å². The number of Topliss-reactive ketones (excluding diaryl/α,β-unsaturated/α-hetero) is 1. The topological polar surface area (TPSA) is 89.7 Å². The van der Waals surface area contributed by atoms with E-state index in [0.29, 0.717) is 6.54 Å². The van der Waals surface area contributed by atoms with E-state index in [1.807, 2.05) is 11.8 Å². The third-order valence-corrected chi connectivity index (χ3v) is 4.24. The van der Waals surface area contributed by atoms with Crippen molar-refractivity contribution < 1.29 is 19.1 Å². The van der Waals surface area contributed by atoms with Gasteiger partial charge in [0.2, 0.25) is 5.91 Å². The van der Waals surface area contributed by atoms with Crippen molar-refractivity contribution in [2.75, 3.05) is 19.7 Å². The maximum Gasteiger partial charge on any atom is 0.319 e. The highest BCUT2D eigenvalue weighted by Crippen LogP contribution is 2.25. The molecule has 120 valence electrons. The van der Waals surface area contributed by atoms with Gasteiger partial charge in [0.25, 0.3) is 0 Å². The first kappa shape index (κ1) is 17.6. The Morgan fingerprint density at radius 3 is 2.43 bits per heavy atom. The minimum absolute atomic E-state index is 0.136. The van der Waals surface area contributed by atoms with Crippen molar-refractivity contribution in [3.8, 4) is 0 Å². The number of hydrogen-bond acceptors (Lipinski definition) is 5. The van der Waals surface area contributed by atoms with E-state index in [-0.39, 0.29) is 36.8 Å². The van der Waals surface area contributed by atoms with E-state index in [4.69, 9.17) is 10.5 Å². The highest BCUT2D eigenvalue weighted by atomic mass is 16.5. The van der Waals surface area contributed by atoms with E-state index in [2.05, 4.69) is 0 Å². The molecule has 1 aliphatic heterocycles. The number of rotatable bonds is 6. The fraction of sp³-hybridized carbons (Fsp3) is 0.800. The zero-order chi connectivity index (χ0) is 16.2. The largest absolute Gasteiger partial charge is 0.465 e. The summed E-state index contributed by atoms with van der Waals surface area (Å²) in [4.78, 5) is 37.5. The van der Waals surface area contributed by atoms with Crippen LogP contribution >= 0.6 is 0 Å². The molecule has 1 aliphatic rings. The molecule has 2 unspecified atom stereocenters. The lowest BCUT2D eigenvalue weighted by atomic mass is 9.86. The third-order valence-electron chi connectivity index (χ3n) is 4.24. The highest BCUT2D eigenvalue weighted by Gasteiger charge is 2.39. The van der Waals surface area contributed by atoms with Crippen molar-refractivity contribution in [2.45, 2.75) is 46.6 Å². The molecule has 0 aromatic rings. The number of hydrogen-bond donors (Lipinski definition) is 1. The molecule has 0 bridgehead atoms. The first-order valence-corrected chi connectivity index (χ1v) is 7.44. The molecule has 0 aromatic carbocycles. The number of ether oxygens (including phenoxy) is 1. The molecule has 2 atom stereocenters. The van der Waals surface area contributed by atoms with Crippen LogP contribution in [0.5, 0.6) is 0 Å². The number of ketones is 1. The predicted molar refractivity (Wildman–Crippen MR) is 78.4 cm³/mol. The lowest BCUT2D eigenvalue weighted by Gasteiger charge is -2.37. The first-order chi connectivity index (χ1) is 9.70. The second kappa shape index (κ2) is 7.02. The fourth-order valence-electron chi connectivity index (χ4n) is 2.44. The number of primary amides is 1. The number of carbonyl (C=O) groups excluding carboxylic acids is 3. The Hall–Kier alpha value is -1.43. The number of likely N-dealkylation sites (tertiary alicyclic amines) is 1. The van der Waals surface area contributed by atoms with Gasteiger partial charge in [0.05, 0.1) is 19.1 Å². The molecule has 0 saturated carbocycles. The molecule has 0 spiro atoms.